The summed E-state index contributed by atoms with van der Waals surface area (Å²) in [5, 5.41) is 3.73. The first-order valence-corrected chi connectivity index (χ1v) is 6.36. The average Bonchev–Trinajstić information content (AvgIpc) is 2.21. The zero-order valence-electron chi connectivity index (χ0n) is 10.4. The van der Waals surface area contributed by atoms with Crippen LogP contribution in [0.2, 0.25) is 0 Å². The quantitative estimate of drug-likeness (QED) is 0.698. The molecule has 1 aliphatic rings. The zero-order valence-corrected chi connectivity index (χ0v) is 10.4. The van der Waals surface area contributed by atoms with Crippen molar-refractivity contribution in [2.45, 2.75) is 65.0 Å². The van der Waals surface area contributed by atoms with E-state index < -0.39 is 0 Å². The second-order valence-electron chi connectivity index (χ2n) is 5.18. The highest BCUT2D eigenvalue weighted by Crippen LogP contribution is 2.29. The summed E-state index contributed by atoms with van der Waals surface area (Å²) in [6, 6.07) is 1.22. The standard InChI is InChI=1S/C14H25N/c1-5-7-13(6-2)15-14-9-8-11(3)10-12(14)4/h1,11-15H,6-10H2,2-4H3. The fourth-order valence-corrected chi connectivity index (χ4v) is 2.68. The third-order valence-corrected chi connectivity index (χ3v) is 3.74. The molecule has 4 unspecified atom stereocenters. The zero-order chi connectivity index (χ0) is 11.3. The molecule has 1 nitrogen and oxygen atoms in total. The van der Waals surface area contributed by atoms with E-state index in [4.69, 9.17) is 6.42 Å². The van der Waals surface area contributed by atoms with Crippen LogP contribution in [0.25, 0.3) is 0 Å². The lowest BCUT2D eigenvalue weighted by atomic mass is 9.79. The highest BCUT2D eigenvalue weighted by Gasteiger charge is 2.26. The highest BCUT2D eigenvalue weighted by molar-refractivity contribution is 4.92. The molecule has 0 aromatic heterocycles. The topological polar surface area (TPSA) is 12.0 Å². The lowest BCUT2D eigenvalue weighted by Gasteiger charge is -2.35. The van der Waals surface area contributed by atoms with E-state index in [1.54, 1.807) is 0 Å². The number of nitrogens with one attached hydrogen (secondary N) is 1. The minimum Gasteiger partial charge on any atom is -0.310 e. The first-order chi connectivity index (χ1) is 7.17. The Morgan fingerprint density at radius 3 is 2.67 bits per heavy atom. The first kappa shape index (κ1) is 12.6. The van der Waals surface area contributed by atoms with Crippen molar-refractivity contribution in [2.24, 2.45) is 11.8 Å². The Bertz CT molecular complexity index is 216. The van der Waals surface area contributed by atoms with Crippen LogP contribution in [0.5, 0.6) is 0 Å². The summed E-state index contributed by atoms with van der Waals surface area (Å²) in [5.74, 6) is 4.48. The van der Waals surface area contributed by atoms with E-state index in [0.717, 1.165) is 24.7 Å². The lowest BCUT2D eigenvalue weighted by Crippen LogP contribution is -2.44. The summed E-state index contributed by atoms with van der Waals surface area (Å²) in [5.41, 5.74) is 0. The molecule has 0 radical (unpaired) electrons. The molecule has 1 saturated carbocycles. The van der Waals surface area contributed by atoms with Crippen LogP contribution in [0, 0.1) is 24.2 Å². The number of hydrogen-bond acceptors (Lipinski definition) is 1. The van der Waals surface area contributed by atoms with Crippen LogP contribution in [0.15, 0.2) is 0 Å². The van der Waals surface area contributed by atoms with Crippen LogP contribution in [0.1, 0.15) is 52.9 Å². The Labute approximate surface area is 95.0 Å². The number of hydrogen-bond donors (Lipinski definition) is 1. The van der Waals surface area contributed by atoms with Crippen LogP contribution in [0.4, 0.5) is 0 Å². The largest absolute Gasteiger partial charge is 0.310 e. The molecule has 1 aliphatic carbocycles. The van der Waals surface area contributed by atoms with E-state index in [0.29, 0.717) is 12.1 Å². The van der Waals surface area contributed by atoms with Gasteiger partial charge in [-0.2, -0.15) is 0 Å². The normalized spacial score (nSPS) is 33.3. The molecule has 0 aromatic rings. The SMILES string of the molecule is C#CCC(CC)NC1CCC(C)CC1C. The molecule has 0 saturated heterocycles. The maximum Gasteiger partial charge on any atom is 0.0240 e. The maximum absolute atomic E-state index is 5.38. The van der Waals surface area contributed by atoms with Gasteiger partial charge in [-0.3, -0.25) is 0 Å². The number of terminal acetylenes is 1. The molecule has 86 valence electrons. The molecule has 1 heteroatoms. The van der Waals surface area contributed by atoms with Crippen LogP contribution >= 0.6 is 0 Å². The van der Waals surface area contributed by atoms with Gasteiger partial charge in [0.05, 0.1) is 0 Å². The van der Waals surface area contributed by atoms with Crippen molar-refractivity contribution in [3.05, 3.63) is 0 Å². The van der Waals surface area contributed by atoms with Gasteiger partial charge in [0, 0.05) is 18.5 Å². The highest BCUT2D eigenvalue weighted by atomic mass is 15.0. The minimum absolute atomic E-state index is 0.524. The van der Waals surface area contributed by atoms with Crippen LogP contribution in [-0.4, -0.2) is 12.1 Å². The molecular weight excluding hydrogens is 182 g/mol. The molecule has 1 N–H and O–H groups in total. The van der Waals surface area contributed by atoms with Gasteiger partial charge in [0.15, 0.2) is 0 Å². The summed E-state index contributed by atoms with van der Waals surface area (Å²) in [6.07, 6.45) is 11.4. The summed E-state index contributed by atoms with van der Waals surface area (Å²) >= 11 is 0. The van der Waals surface area contributed by atoms with Crippen molar-refractivity contribution in [1.29, 1.82) is 0 Å². The van der Waals surface area contributed by atoms with Gasteiger partial charge in [-0.15, -0.1) is 12.3 Å². The molecule has 1 fully saturated rings. The van der Waals surface area contributed by atoms with Crippen LogP contribution in [-0.2, 0) is 0 Å². The summed E-state index contributed by atoms with van der Waals surface area (Å²) in [7, 11) is 0. The van der Waals surface area contributed by atoms with E-state index in [-0.39, 0.29) is 0 Å². The second-order valence-corrected chi connectivity index (χ2v) is 5.18. The van der Waals surface area contributed by atoms with E-state index in [1.807, 2.05) is 0 Å². The molecule has 0 bridgehead atoms. The predicted molar refractivity (Wildman–Crippen MR) is 66.6 cm³/mol. The summed E-state index contributed by atoms with van der Waals surface area (Å²) < 4.78 is 0. The minimum atomic E-state index is 0.524. The summed E-state index contributed by atoms with van der Waals surface area (Å²) in [6.45, 7) is 6.95. The Kier molecular flexibility index (Phi) is 5.19. The third-order valence-electron chi connectivity index (χ3n) is 3.74. The van der Waals surface area contributed by atoms with Gasteiger partial charge in [0.1, 0.15) is 0 Å². The first-order valence-electron chi connectivity index (χ1n) is 6.36. The third kappa shape index (κ3) is 3.87. The molecular formula is C14H25N. The maximum atomic E-state index is 5.38. The second kappa shape index (κ2) is 6.18. The smallest absolute Gasteiger partial charge is 0.0240 e. The average molecular weight is 207 g/mol. The van der Waals surface area contributed by atoms with Gasteiger partial charge in [0.2, 0.25) is 0 Å². The van der Waals surface area contributed by atoms with Gasteiger partial charge in [-0.05, 0) is 37.5 Å². The lowest BCUT2D eigenvalue weighted by molar-refractivity contribution is 0.212. The fraction of sp³-hybridized carbons (Fsp3) is 0.857. The van der Waals surface area contributed by atoms with E-state index >= 15 is 0 Å². The Morgan fingerprint density at radius 2 is 2.13 bits per heavy atom. The van der Waals surface area contributed by atoms with Crippen molar-refractivity contribution in [3.63, 3.8) is 0 Å². The van der Waals surface area contributed by atoms with E-state index in [9.17, 15) is 0 Å². The predicted octanol–water partition coefficient (Wildman–Crippen LogP) is 3.20. The van der Waals surface area contributed by atoms with Gasteiger partial charge in [0.25, 0.3) is 0 Å². The van der Waals surface area contributed by atoms with Gasteiger partial charge in [-0.25, -0.2) is 0 Å². The van der Waals surface area contributed by atoms with Crippen LogP contribution in [0.3, 0.4) is 0 Å². The molecule has 0 aromatic carbocycles. The Hall–Kier alpha value is -0.480. The Morgan fingerprint density at radius 1 is 1.40 bits per heavy atom. The van der Waals surface area contributed by atoms with Crippen molar-refractivity contribution in [2.75, 3.05) is 0 Å². The molecule has 4 atom stereocenters. The van der Waals surface area contributed by atoms with Crippen molar-refractivity contribution >= 4 is 0 Å². The molecule has 0 heterocycles. The molecule has 15 heavy (non-hydrogen) atoms. The van der Waals surface area contributed by atoms with Crippen molar-refractivity contribution in [3.8, 4) is 12.3 Å². The van der Waals surface area contributed by atoms with E-state index in [1.165, 1.54) is 19.3 Å². The monoisotopic (exact) mass is 207 g/mol. The van der Waals surface area contributed by atoms with Crippen molar-refractivity contribution < 1.29 is 0 Å². The summed E-state index contributed by atoms with van der Waals surface area (Å²) in [4.78, 5) is 0. The van der Waals surface area contributed by atoms with Gasteiger partial charge < -0.3 is 5.32 Å². The van der Waals surface area contributed by atoms with E-state index in [2.05, 4.69) is 32.0 Å². The molecule has 0 amide bonds. The van der Waals surface area contributed by atoms with Gasteiger partial charge >= 0.3 is 0 Å². The van der Waals surface area contributed by atoms with Crippen molar-refractivity contribution in [1.82, 2.24) is 5.32 Å². The number of rotatable bonds is 4. The molecule has 0 aliphatic heterocycles. The molecule has 1 rings (SSSR count). The Balaban J connectivity index is 2.40. The van der Waals surface area contributed by atoms with Gasteiger partial charge in [-0.1, -0.05) is 20.8 Å². The molecule has 0 spiro atoms. The fourth-order valence-electron chi connectivity index (χ4n) is 2.68. The van der Waals surface area contributed by atoms with Crippen LogP contribution < -0.4 is 5.32 Å².